The standard InChI is InChI=1S/C19H33N3O3/c1-5-6-7-8-9-10-13-16-20-17(25-21-16)15-12-11-14-22(15)18(23)24-19(2,3)4/h15H,5-14H2,1-4H3. The van der Waals surface area contributed by atoms with Gasteiger partial charge in [0, 0.05) is 13.0 Å². The van der Waals surface area contributed by atoms with E-state index in [4.69, 9.17) is 9.26 Å². The Labute approximate surface area is 151 Å². The lowest BCUT2D eigenvalue weighted by Gasteiger charge is -2.26. The largest absolute Gasteiger partial charge is 0.444 e. The zero-order valence-corrected chi connectivity index (χ0v) is 16.2. The summed E-state index contributed by atoms with van der Waals surface area (Å²) < 4.78 is 10.9. The number of nitrogens with zero attached hydrogens (tertiary/aromatic N) is 3. The maximum Gasteiger partial charge on any atom is 0.410 e. The van der Waals surface area contributed by atoms with Crippen LogP contribution in [-0.4, -0.2) is 33.3 Å². The number of carbonyl (C=O) groups is 1. The number of amides is 1. The zero-order chi connectivity index (χ0) is 18.3. The number of aromatic nitrogens is 2. The molecule has 2 rings (SSSR count). The molecule has 1 aliphatic rings. The fourth-order valence-electron chi connectivity index (χ4n) is 3.13. The predicted molar refractivity (Wildman–Crippen MR) is 96.3 cm³/mol. The van der Waals surface area contributed by atoms with E-state index in [0.29, 0.717) is 12.4 Å². The molecule has 1 saturated heterocycles. The minimum Gasteiger partial charge on any atom is -0.444 e. The number of hydrogen-bond donors (Lipinski definition) is 0. The normalized spacial score (nSPS) is 17.9. The van der Waals surface area contributed by atoms with Crippen molar-refractivity contribution in [1.29, 1.82) is 0 Å². The maximum atomic E-state index is 12.4. The van der Waals surface area contributed by atoms with Gasteiger partial charge in [-0.25, -0.2) is 4.79 Å². The van der Waals surface area contributed by atoms with Gasteiger partial charge >= 0.3 is 6.09 Å². The van der Waals surface area contributed by atoms with Crippen LogP contribution >= 0.6 is 0 Å². The summed E-state index contributed by atoms with van der Waals surface area (Å²) in [4.78, 5) is 18.6. The topological polar surface area (TPSA) is 68.5 Å². The molecule has 0 bridgehead atoms. The maximum absolute atomic E-state index is 12.4. The first kappa shape index (κ1) is 19.7. The highest BCUT2D eigenvalue weighted by atomic mass is 16.6. The van der Waals surface area contributed by atoms with Crippen LogP contribution in [0, 0.1) is 0 Å². The molecule has 1 fully saturated rings. The average molecular weight is 351 g/mol. The minimum absolute atomic E-state index is 0.152. The van der Waals surface area contributed by atoms with E-state index in [1.54, 1.807) is 4.90 Å². The fourth-order valence-corrected chi connectivity index (χ4v) is 3.13. The van der Waals surface area contributed by atoms with Crippen molar-refractivity contribution in [2.75, 3.05) is 6.54 Å². The second-order valence-corrected chi connectivity index (χ2v) is 7.90. The first-order chi connectivity index (χ1) is 11.9. The van der Waals surface area contributed by atoms with Crippen LogP contribution in [0.1, 0.15) is 96.8 Å². The van der Waals surface area contributed by atoms with Gasteiger partial charge in [-0.1, -0.05) is 44.2 Å². The lowest BCUT2D eigenvalue weighted by Crippen LogP contribution is -2.36. The number of likely N-dealkylation sites (tertiary alicyclic amines) is 1. The van der Waals surface area contributed by atoms with Crippen molar-refractivity contribution >= 4 is 6.09 Å². The number of aryl methyl sites for hydroxylation is 1. The number of carbonyl (C=O) groups excluding carboxylic acids is 1. The Bertz CT molecular complexity index is 536. The molecule has 1 atom stereocenters. The molecule has 6 nitrogen and oxygen atoms in total. The van der Waals surface area contributed by atoms with Gasteiger partial charge in [0.15, 0.2) is 5.82 Å². The molecule has 1 amide bonds. The average Bonchev–Trinajstić information content (AvgIpc) is 3.17. The molecule has 1 unspecified atom stereocenters. The molecule has 0 saturated carbocycles. The third-order valence-electron chi connectivity index (χ3n) is 4.40. The SMILES string of the molecule is CCCCCCCCc1noc(C2CCCN2C(=O)OC(C)(C)C)n1. The van der Waals surface area contributed by atoms with Gasteiger partial charge in [-0.2, -0.15) is 4.98 Å². The van der Waals surface area contributed by atoms with Crippen LogP contribution in [0.4, 0.5) is 4.79 Å². The summed E-state index contributed by atoms with van der Waals surface area (Å²) in [7, 11) is 0. The number of ether oxygens (including phenoxy) is 1. The third kappa shape index (κ3) is 6.33. The van der Waals surface area contributed by atoms with Crippen molar-refractivity contribution in [2.24, 2.45) is 0 Å². The van der Waals surface area contributed by atoms with Crippen molar-refractivity contribution in [3.63, 3.8) is 0 Å². The van der Waals surface area contributed by atoms with E-state index in [2.05, 4.69) is 17.1 Å². The Kier molecular flexibility index (Phi) is 7.26. The van der Waals surface area contributed by atoms with Crippen LogP contribution in [0.5, 0.6) is 0 Å². The van der Waals surface area contributed by atoms with Crippen molar-refractivity contribution in [3.8, 4) is 0 Å². The van der Waals surface area contributed by atoms with Crippen molar-refractivity contribution < 1.29 is 14.1 Å². The quantitative estimate of drug-likeness (QED) is 0.613. The Hall–Kier alpha value is -1.59. The van der Waals surface area contributed by atoms with Crippen LogP contribution in [0.2, 0.25) is 0 Å². The monoisotopic (exact) mass is 351 g/mol. The Morgan fingerprint density at radius 2 is 1.96 bits per heavy atom. The van der Waals surface area contributed by atoms with E-state index in [-0.39, 0.29) is 12.1 Å². The molecule has 142 valence electrons. The Morgan fingerprint density at radius 3 is 2.68 bits per heavy atom. The lowest BCUT2D eigenvalue weighted by atomic mass is 10.1. The second kappa shape index (κ2) is 9.20. The van der Waals surface area contributed by atoms with E-state index in [1.807, 2.05) is 20.8 Å². The molecule has 0 aliphatic carbocycles. The summed E-state index contributed by atoms with van der Waals surface area (Å²) in [6, 6.07) is -0.152. The van der Waals surface area contributed by atoms with Gasteiger partial charge in [0.1, 0.15) is 11.6 Å². The Morgan fingerprint density at radius 1 is 1.24 bits per heavy atom. The second-order valence-electron chi connectivity index (χ2n) is 7.90. The lowest BCUT2D eigenvalue weighted by molar-refractivity contribution is 0.0199. The first-order valence-electron chi connectivity index (χ1n) is 9.73. The summed E-state index contributed by atoms with van der Waals surface area (Å²) in [5.41, 5.74) is -0.498. The van der Waals surface area contributed by atoms with Crippen LogP contribution in [0.3, 0.4) is 0 Å². The van der Waals surface area contributed by atoms with Crippen LogP contribution in [0.25, 0.3) is 0 Å². The van der Waals surface area contributed by atoms with Crippen molar-refractivity contribution in [2.45, 2.75) is 97.1 Å². The van der Waals surface area contributed by atoms with Crippen LogP contribution in [0.15, 0.2) is 4.52 Å². The Balaban J connectivity index is 1.84. The minimum atomic E-state index is -0.498. The number of rotatable bonds is 8. The molecule has 0 radical (unpaired) electrons. The molecule has 1 aliphatic heterocycles. The smallest absolute Gasteiger partial charge is 0.410 e. The zero-order valence-electron chi connectivity index (χ0n) is 16.2. The van der Waals surface area contributed by atoms with Crippen LogP contribution in [-0.2, 0) is 11.2 Å². The fraction of sp³-hybridized carbons (Fsp3) is 0.842. The summed E-state index contributed by atoms with van der Waals surface area (Å²) in [6.45, 7) is 8.53. The predicted octanol–water partition coefficient (Wildman–Crippen LogP) is 5.04. The molecule has 0 aromatic carbocycles. The molecule has 6 heteroatoms. The van der Waals surface area contributed by atoms with Crippen LogP contribution < -0.4 is 0 Å². The van der Waals surface area contributed by atoms with E-state index in [1.165, 1.54) is 32.1 Å². The summed E-state index contributed by atoms with van der Waals surface area (Å²) in [5, 5.41) is 4.10. The number of unbranched alkanes of at least 4 members (excludes halogenated alkanes) is 5. The molecular weight excluding hydrogens is 318 g/mol. The van der Waals surface area contributed by atoms with Gasteiger partial charge in [-0.3, -0.25) is 4.90 Å². The first-order valence-corrected chi connectivity index (χ1v) is 9.73. The highest BCUT2D eigenvalue weighted by molar-refractivity contribution is 5.69. The van der Waals surface area contributed by atoms with Crippen molar-refractivity contribution in [3.05, 3.63) is 11.7 Å². The van der Waals surface area contributed by atoms with Gasteiger partial charge in [-0.05, 0) is 40.0 Å². The van der Waals surface area contributed by atoms with Gasteiger partial charge < -0.3 is 9.26 Å². The summed E-state index contributed by atoms with van der Waals surface area (Å²) >= 11 is 0. The van der Waals surface area contributed by atoms with Gasteiger partial charge in [0.05, 0.1) is 0 Å². The van der Waals surface area contributed by atoms with E-state index in [0.717, 1.165) is 31.5 Å². The van der Waals surface area contributed by atoms with E-state index in [9.17, 15) is 4.79 Å². The summed E-state index contributed by atoms with van der Waals surface area (Å²) in [5.74, 6) is 1.30. The highest BCUT2D eigenvalue weighted by Crippen LogP contribution is 2.32. The van der Waals surface area contributed by atoms with Crippen molar-refractivity contribution in [1.82, 2.24) is 15.0 Å². The third-order valence-corrected chi connectivity index (χ3v) is 4.40. The highest BCUT2D eigenvalue weighted by Gasteiger charge is 2.36. The summed E-state index contributed by atoms with van der Waals surface area (Å²) in [6.07, 6.45) is 9.77. The molecular formula is C19H33N3O3. The molecule has 1 aromatic heterocycles. The van der Waals surface area contributed by atoms with Gasteiger partial charge in [0.25, 0.3) is 0 Å². The molecule has 0 N–H and O–H groups in total. The molecule has 25 heavy (non-hydrogen) atoms. The molecule has 1 aromatic rings. The van der Waals surface area contributed by atoms with E-state index < -0.39 is 5.60 Å². The van der Waals surface area contributed by atoms with E-state index >= 15 is 0 Å². The molecule has 2 heterocycles. The molecule has 0 spiro atoms. The number of hydrogen-bond acceptors (Lipinski definition) is 5. The van der Waals surface area contributed by atoms with Gasteiger partial charge in [0.2, 0.25) is 5.89 Å². The van der Waals surface area contributed by atoms with Gasteiger partial charge in [-0.15, -0.1) is 0 Å².